The van der Waals surface area contributed by atoms with Crippen molar-refractivity contribution in [3.8, 4) is 6.07 Å². The van der Waals surface area contributed by atoms with Gasteiger partial charge in [-0.15, -0.1) is 0 Å². The van der Waals surface area contributed by atoms with Crippen LogP contribution in [-0.2, 0) is 4.74 Å². The molecule has 1 aliphatic rings. The molecule has 1 rings (SSSR count). The van der Waals surface area contributed by atoms with Crippen molar-refractivity contribution in [3.05, 3.63) is 0 Å². The smallest absolute Gasteiger partial charge is 0.104 e. The first-order chi connectivity index (χ1) is 8.04. The van der Waals surface area contributed by atoms with Crippen molar-refractivity contribution in [2.45, 2.75) is 51.3 Å². The van der Waals surface area contributed by atoms with Gasteiger partial charge in [0.2, 0.25) is 0 Å². The summed E-state index contributed by atoms with van der Waals surface area (Å²) < 4.78 is 5.67. The Labute approximate surface area is 105 Å². The Morgan fingerprint density at radius 2 is 2.29 bits per heavy atom. The fourth-order valence-electron chi connectivity index (χ4n) is 2.17. The molecule has 1 heterocycles. The van der Waals surface area contributed by atoms with Gasteiger partial charge in [-0.2, -0.15) is 5.26 Å². The minimum Gasteiger partial charge on any atom is -0.376 e. The Bertz CT molecular complexity index is 276. The summed E-state index contributed by atoms with van der Waals surface area (Å²) in [6.07, 6.45) is 2.26. The highest BCUT2D eigenvalue weighted by atomic mass is 16.5. The van der Waals surface area contributed by atoms with Crippen molar-refractivity contribution in [2.24, 2.45) is 0 Å². The first-order valence-corrected chi connectivity index (χ1v) is 6.50. The van der Waals surface area contributed by atoms with E-state index in [0.29, 0.717) is 12.1 Å². The van der Waals surface area contributed by atoms with Crippen LogP contribution in [0.5, 0.6) is 0 Å². The number of nitrogens with zero attached hydrogens (tertiary/aromatic N) is 2. The zero-order valence-corrected chi connectivity index (χ0v) is 11.5. The Kier molecular flexibility index (Phi) is 5.38. The van der Waals surface area contributed by atoms with Gasteiger partial charge in [-0.05, 0) is 33.7 Å². The molecule has 0 aromatic carbocycles. The summed E-state index contributed by atoms with van der Waals surface area (Å²) in [6.45, 7) is 9.01. The molecule has 0 amide bonds. The van der Waals surface area contributed by atoms with Crippen molar-refractivity contribution >= 4 is 0 Å². The van der Waals surface area contributed by atoms with Crippen LogP contribution in [0.3, 0.4) is 0 Å². The minimum absolute atomic E-state index is 0.306. The summed E-state index contributed by atoms with van der Waals surface area (Å²) in [5.74, 6) is 0. The quantitative estimate of drug-likeness (QED) is 0.787. The van der Waals surface area contributed by atoms with Gasteiger partial charge in [-0.3, -0.25) is 4.90 Å². The standard InChI is InChI=1S/C13H25N3O/c1-5-12-9-17-11(2)8-16(12)7-6-13(3,10-14)15-4/h11-12,15H,5-9H2,1-4H3. The lowest BCUT2D eigenvalue weighted by Gasteiger charge is -2.39. The third kappa shape index (κ3) is 3.95. The number of nitriles is 1. The Morgan fingerprint density at radius 1 is 1.59 bits per heavy atom. The van der Waals surface area contributed by atoms with Crippen LogP contribution < -0.4 is 5.32 Å². The number of morpholine rings is 1. The van der Waals surface area contributed by atoms with Gasteiger partial charge in [0.1, 0.15) is 5.54 Å². The summed E-state index contributed by atoms with van der Waals surface area (Å²) in [7, 11) is 1.85. The van der Waals surface area contributed by atoms with Gasteiger partial charge < -0.3 is 10.1 Å². The van der Waals surface area contributed by atoms with Gasteiger partial charge in [0.05, 0.1) is 18.8 Å². The van der Waals surface area contributed by atoms with Crippen LogP contribution >= 0.6 is 0 Å². The second kappa shape index (κ2) is 6.34. The number of ether oxygens (including phenoxy) is 1. The second-order valence-corrected chi connectivity index (χ2v) is 5.14. The van der Waals surface area contributed by atoms with Crippen LogP contribution in [0.15, 0.2) is 0 Å². The fraction of sp³-hybridized carbons (Fsp3) is 0.923. The van der Waals surface area contributed by atoms with Crippen molar-refractivity contribution in [1.29, 1.82) is 5.26 Å². The molecule has 0 saturated carbocycles. The lowest BCUT2D eigenvalue weighted by molar-refractivity contribution is -0.0571. The molecule has 0 aliphatic carbocycles. The molecule has 1 fully saturated rings. The third-order valence-electron chi connectivity index (χ3n) is 3.75. The Hall–Kier alpha value is -0.630. The van der Waals surface area contributed by atoms with Gasteiger partial charge >= 0.3 is 0 Å². The monoisotopic (exact) mass is 239 g/mol. The average molecular weight is 239 g/mol. The van der Waals surface area contributed by atoms with Crippen molar-refractivity contribution in [1.82, 2.24) is 10.2 Å². The molecule has 0 aromatic rings. The molecule has 98 valence electrons. The number of rotatable bonds is 5. The molecule has 3 atom stereocenters. The van der Waals surface area contributed by atoms with Crippen LogP contribution in [0.1, 0.15) is 33.6 Å². The highest BCUT2D eigenvalue weighted by Gasteiger charge is 2.28. The lowest BCUT2D eigenvalue weighted by Crippen LogP contribution is -2.51. The summed E-state index contributed by atoms with van der Waals surface area (Å²) in [5, 5.41) is 12.2. The molecule has 1 saturated heterocycles. The van der Waals surface area contributed by atoms with E-state index < -0.39 is 5.54 Å². The molecule has 0 bridgehead atoms. The SMILES string of the molecule is CCC1COC(C)CN1CCC(C)(C#N)NC. The lowest BCUT2D eigenvalue weighted by atomic mass is 9.99. The van der Waals surface area contributed by atoms with E-state index in [2.05, 4.69) is 30.1 Å². The molecular formula is C13H25N3O. The zero-order chi connectivity index (χ0) is 12.9. The molecule has 1 aliphatic heterocycles. The largest absolute Gasteiger partial charge is 0.376 e. The predicted octanol–water partition coefficient (Wildman–Crippen LogP) is 1.38. The number of hydrogen-bond acceptors (Lipinski definition) is 4. The van der Waals surface area contributed by atoms with E-state index in [1.54, 1.807) is 0 Å². The predicted molar refractivity (Wildman–Crippen MR) is 68.8 cm³/mol. The van der Waals surface area contributed by atoms with Crippen LogP contribution in [0.25, 0.3) is 0 Å². The van der Waals surface area contributed by atoms with Gasteiger partial charge in [0.25, 0.3) is 0 Å². The van der Waals surface area contributed by atoms with Gasteiger partial charge in [-0.25, -0.2) is 0 Å². The maximum Gasteiger partial charge on any atom is 0.104 e. The molecule has 3 unspecified atom stereocenters. The maximum absolute atomic E-state index is 9.13. The third-order valence-corrected chi connectivity index (χ3v) is 3.75. The van der Waals surface area contributed by atoms with Crippen LogP contribution in [-0.4, -0.2) is 49.3 Å². The van der Waals surface area contributed by atoms with E-state index in [1.165, 1.54) is 0 Å². The number of hydrogen-bond donors (Lipinski definition) is 1. The van der Waals surface area contributed by atoms with Crippen molar-refractivity contribution in [2.75, 3.05) is 26.7 Å². The van der Waals surface area contributed by atoms with Crippen LogP contribution in [0.4, 0.5) is 0 Å². The first-order valence-electron chi connectivity index (χ1n) is 6.50. The zero-order valence-electron chi connectivity index (χ0n) is 11.5. The van der Waals surface area contributed by atoms with E-state index in [-0.39, 0.29) is 0 Å². The first kappa shape index (κ1) is 14.4. The fourth-order valence-corrected chi connectivity index (χ4v) is 2.17. The normalized spacial score (nSPS) is 29.6. The van der Waals surface area contributed by atoms with Crippen molar-refractivity contribution < 1.29 is 4.74 Å². The molecule has 0 aromatic heterocycles. The molecule has 4 heteroatoms. The molecule has 4 nitrogen and oxygen atoms in total. The van der Waals surface area contributed by atoms with E-state index in [9.17, 15) is 0 Å². The molecule has 1 N–H and O–H groups in total. The molecule has 0 spiro atoms. The molecule has 0 radical (unpaired) electrons. The molecular weight excluding hydrogens is 214 g/mol. The average Bonchev–Trinajstić information content (AvgIpc) is 2.36. The summed E-state index contributed by atoms with van der Waals surface area (Å²) >= 11 is 0. The Morgan fingerprint density at radius 3 is 2.82 bits per heavy atom. The summed E-state index contributed by atoms with van der Waals surface area (Å²) in [5.41, 5.74) is -0.417. The second-order valence-electron chi connectivity index (χ2n) is 5.14. The Balaban J connectivity index is 2.51. The van der Waals surface area contributed by atoms with E-state index in [4.69, 9.17) is 10.00 Å². The van der Waals surface area contributed by atoms with Gasteiger partial charge in [-0.1, -0.05) is 6.92 Å². The summed E-state index contributed by atoms with van der Waals surface area (Å²) in [4.78, 5) is 2.46. The minimum atomic E-state index is -0.417. The van der Waals surface area contributed by atoms with Gasteiger partial charge in [0, 0.05) is 19.1 Å². The maximum atomic E-state index is 9.13. The number of nitrogens with one attached hydrogen (secondary N) is 1. The van der Waals surface area contributed by atoms with E-state index in [1.807, 2.05) is 14.0 Å². The van der Waals surface area contributed by atoms with Gasteiger partial charge in [0.15, 0.2) is 0 Å². The van der Waals surface area contributed by atoms with E-state index in [0.717, 1.165) is 32.5 Å². The van der Waals surface area contributed by atoms with Crippen LogP contribution in [0, 0.1) is 11.3 Å². The summed E-state index contributed by atoms with van der Waals surface area (Å²) in [6, 6.07) is 2.85. The van der Waals surface area contributed by atoms with Crippen molar-refractivity contribution in [3.63, 3.8) is 0 Å². The highest BCUT2D eigenvalue weighted by molar-refractivity contribution is 5.03. The highest BCUT2D eigenvalue weighted by Crippen LogP contribution is 2.17. The van der Waals surface area contributed by atoms with E-state index >= 15 is 0 Å². The van der Waals surface area contributed by atoms with Crippen LogP contribution in [0.2, 0.25) is 0 Å². The molecule has 17 heavy (non-hydrogen) atoms. The topological polar surface area (TPSA) is 48.3 Å².